The highest BCUT2D eigenvalue weighted by Gasteiger charge is 2.58. The van der Waals surface area contributed by atoms with Crippen LogP contribution in [0, 0.1) is 0 Å². The molecule has 1 N–H and O–H groups in total. The summed E-state index contributed by atoms with van der Waals surface area (Å²) in [5.41, 5.74) is -1.77. The van der Waals surface area contributed by atoms with Crippen molar-refractivity contribution in [3.63, 3.8) is 0 Å². The van der Waals surface area contributed by atoms with Gasteiger partial charge in [-0.05, 0) is 11.6 Å². The van der Waals surface area contributed by atoms with E-state index in [1.54, 1.807) is 13.8 Å². The molecule has 6 heteroatoms. The van der Waals surface area contributed by atoms with Gasteiger partial charge in [-0.25, -0.2) is 0 Å². The molecule has 0 radical (unpaired) electrons. The molecule has 1 nitrogen and oxygen atoms in total. The van der Waals surface area contributed by atoms with Crippen molar-refractivity contribution in [2.75, 3.05) is 6.61 Å². The van der Waals surface area contributed by atoms with Crippen LogP contribution in [-0.2, 0) is 11.3 Å². The Bertz CT molecular complexity index is 423. The molecule has 0 amide bonds. The Hall–Kier alpha value is -1.17. The van der Waals surface area contributed by atoms with E-state index in [9.17, 15) is 22.0 Å². The monoisotopic (exact) mass is 268 g/mol. The van der Waals surface area contributed by atoms with Crippen molar-refractivity contribution in [1.29, 1.82) is 0 Å². The van der Waals surface area contributed by atoms with E-state index in [0.29, 0.717) is 0 Å². The van der Waals surface area contributed by atoms with Gasteiger partial charge in [0.25, 0.3) is 0 Å². The Balaban J connectivity index is 3.26. The van der Waals surface area contributed by atoms with Gasteiger partial charge in [-0.15, -0.1) is 0 Å². The van der Waals surface area contributed by atoms with E-state index >= 15 is 0 Å². The minimum absolute atomic E-state index is 0.228. The third-order valence-corrected chi connectivity index (χ3v) is 2.76. The summed E-state index contributed by atoms with van der Waals surface area (Å²) >= 11 is 0. The molecule has 102 valence electrons. The standard InChI is InChI=1S/C12H13F5O/c1-10(2,7-18)8-4-3-5-9(6-8)11(13,14)12(15,16)17/h3-6,18H,7H2,1-2H3. The smallest absolute Gasteiger partial charge is 0.395 e. The average molecular weight is 268 g/mol. The Morgan fingerprint density at radius 2 is 1.50 bits per heavy atom. The molecule has 0 spiro atoms. The van der Waals surface area contributed by atoms with Crippen LogP contribution in [-0.4, -0.2) is 17.9 Å². The second kappa shape index (κ2) is 4.50. The summed E-state index contributed by atoms with van der Waals surface area (Å²) in [5.74, 6) is -4.89. The molecule has 0 aliphatic rings. The molecule has 0 saturated heterocycles. The van der Waals surface area contributed by atoms with E-state index in [2.05, 4.69) is 0 Å². The largest absolute Gasteiger partial charge is 0.458 e. The van der Waals surface area contributed by atoms with Crippen LogP contribution in [0.4, 0.5) is 22.0 Å². The van der Waals surface area contributed by atoms with E-state index < -0.39 is 23.1 Å². The van der Waals surface area contributed by atoms with E-state index in [1.807, 2.05) is 0 Å². The van der Waals surface area contributed by atoms with Gasteiger partial charge in [0.15, 0.2) is 0 Å². The van der Waals surface area contributed by atoms with Crippen molar-refractivity contribution >= 4 is 0 Å². The molecule has 0 heterocycles. The molecule has 0 saturated carbocycles. The van der Waals surface area contributed by atoms with Crippen LogP contribution in [0.3, 0.4) is 0 Å². The fourth-order valence-electron chi connectivity index (χ4n) is 1.39. The van der Waals surface area contributed by atoms with Crippen LogP contribution in [0.5, 0.6) is 0 Å². The highest BCUT2D eigenvalue weighted by Crippen LogP contribution is 2.44. The number of benzene rings is 1. The molecular formula is C12H13F5O. The van der Waals surface area contributed by atoms with Crippen molar-refractivity contribution in [3.05, 3.63) is 35.4 Å². The summed E-state index contributed by atoms with van der Waals surface area (Å²) in [5, 5.41) is 9.09. The van der Waals surface area contributed by atoms with E-state index in [1.165, 1.54) is 6.07 Å². The Morgan fingerprint density at radius 1 is 1.00 bits per heavy atom. The second-order valence-corrected chi connectivity index (χ2v) is 4.69. The zero-order valence-corrected chi connectivity index (χ0v) is 9.85. The van der Waals surface area contributed by atoms with Gasteiger partial charge in [-0.1, -0.05) is 32.0 Å². The number of aliphatic hydroxyl groups excluding tert-OH is 1. The van der Waals surface area contributed by atoms with Gasteiger partial charge >= 0.3 is 12.1 Å². The summed E-state index contributed by atoms with van der Waals surface area (Å²) in [4.78, 5) is 0. The molecule has 0 atom stereocenters. The molecule has 1 rings (SSSR count). The van der Waals surface area contributed by atoms with Gasteiger partial charge < -0.3 is 5.11 Å². The highest BCUT2D eigenvalue weighted by molar-refractivity contribution is 5.32. The van der Waals surface area contributed by atoms with Crippen molar-refractivity contribution < 1.29 is 27.1 Å². The molecule has 1 aromatic rings. The predicted molar refractivity (Wildman–Crippen MR) is 56.5 cm³/mol. The fourth-order valence-corrected chi connectivity index (χ4v) is 1.39. The lowest BCUT2D eigenvalue weighted by atomic mass is 9.84. The Kier molecular flexibility index (Phi) is 3.72. The minimum Gasteiger partial charge on any atom is -0.395 e. The van der Waals surface area contributed by atoms with Crippen LogP contribution < -0.4 is 0 Å². The maximum absolute atomic E-state index is 13.1. The number of aliphatic hydroxyl groups is 1. The first kappa shape index (κ1) is 14.9. The maximum atomic E-state index is 13.1. The van der Waals surface area contributed by atoms with Crippen LogP contribution in [0.2, 0.25) is 0 Å². The van der Waals surface area contributed by atoms with Gasteiger partial charge in [-0.3, -0.25) is 0 Å². The van der Waals surface area contributed by atoms with E-state index in [4.69, 9.17) is 5.11 Å². The topological polar surface area (TPSA) is 20.2 Å². The first-order valence-corrected chi connectivity index (χ1v) is 5.19. The predicted octanol–water partition coefficient (Wildman–Crippen LogP) is 3.61. The fraction of sp³-hybridized carbons (Fsp3) is 0.500. The average Bonchev–Trinajstić information content (AvgIpc) is 2.27. The number of alkyl halides is 5. The molecule has 1 aromatic carbocycles. The summed E-state index contributed by atoms with van der Waals surface area (Å²) in [6.45, 7) is 2.75. The Labute approximate surface area is 101 Å². The maximum Gasteiger partial charge on any atom is 0.458 e. The van der Waals surface area contributed by atoms with Gasteiger partial charge in [-0.2, -0.15) is 22.0 Å². The van der Waals surface area contributed by atoms with Gasteiger partial charge in [0.2, 0.25) is 0 Å². The molecule has 18 heavy (non-hydrogen) atoms. The molecule has 0 fully saturated rings. The lowest BCUT2D eigenvalue weighted by Crippen LogP contribution is -2.34. The third-order valence-electron chi connectivity index (χ3n) is 2.76. The second-order valence-electron chi connectivity index (χ2n) is 4.69. The van der Waals surface area contributed by atoms with Crippen LogP contribution in [0.1, 0.15) is 25.0 Å². The zero-order valence-electron chi connectivity index (χ0n) is 9.85. The van der Waals surface area contributed by atoms with Gasteiger partial charge in [0.1, 0.15) is 0 Å². The van der Waals surface area contributed by atoms with E-state index in [0.717, 1.165) is 18.2 Å². The summed E-state index contributed by atoms with van der Waals surface area (Å²) in [6.07, 6.45) is -5.63. The van der Waals surface area contributed by atoms with Crippen LogP contribution >= 0.6 is 0 Å². The third kappa shape index (κ3) is 2.63. The van der Waals surface area contributed by atoms with Crippen molar-refractivity contribution in [3.8, 4) is 0 Å². The van der Waals surface area contributed by atoms with Gasteiger partial charge in [0, 0.05) is 11.0 Å². The molecule has 0 unspecified atom stereocenters. The molecule has 0 bridgehead atoms. The highest BCUT2D eigenvalue weighted by atomic mass is 19.4. The summed E-state index contributed by atoms with van der Waals surface area (Å²) in [7, 11) is 0. The van der Waals surface area contributed by atoms with Crippen molar-refractivity contribution in [2.24, 2.45) is 0 Å². The van der Waals surface area contributed by atoms with Crippen molar-refractivity contribution in [1.82, 2.24) is 0 Å². The summed E-state index contributed by atoms with van der Waals surface area (Å²) in [6, 6.07) is 4.04. The normalized spacial score (nSPS) is 13.8. The van der Waals surface area contributed by atoms with Crippen LogP contribution in [0.25, 0.3) is 0 Å². The number of hydrogen-bond acceptors (Lipinski definition) is 1. The number of hydrogen-bond donors (Lipinski definition) is 1. The van der Waals surface area contributed by atoms with Crippen LogP contribution in [0.15, 0.2) is 24.3 Å². The summed E-state index contributed by atoms with van der Waals surface area (Å²) < 4.78 is 63.0. The molecule has 0 aliphatic heterocycles. The first-order valence-electron chi connectivity index (χ1n) is 5.19. The Morgan fingerprint density at radius 3 is 1.94 bits per heavy atom. The number of rotatable bonds is 3. The minimum atomic E-state index is -5.63. The quantitative estimate of drug-likeness (QED) is 0.830. The van der Waals surface area contributed by atoms with Crippen molar-refractivity contribution in [2.45, 2.75) is 31.4 Å². The molecular weight excluding hydrogens is 255 g/mol. The molecule has 0 aliphatic carbocycles. The SMILES string of the molecule is CC(C)(CO)c1cccc(C(F)(F)C(F)(F)F)c1. The van der Waals surface area contributed by atoms with E-state index in [-0.39, 0.29) is 12.2 Å². The lowest BCUT2D eigenvalue weighted by molar-refractivity contribution is -0.289. The number of halogens is 5. The lowest BCUT2D eigenvalue weighted by Gasteiger charge is -2.25. The first-order chi connectivity index (χ1) is 8.02. The zero-order chi connectivity index (χ0) is 14.2. The van der Waals surface area contributed by atoms with Gasteiger partial charge in [0.05, 0.1) is 6.61 Å². The molecule has 0 aromatic heterocycles.